The maximum atomic E-state index is 14.8. The molecule has 32 heavy (non-hydrogen) atoms. The summed E-state index contributed by atoms with van der Waals surface area (Å²) < 4.78 is 21.4. The van der Waals surface area contributed by atoms with Crippen LogP contribution >= 0.6 is 0 Å². The molecule has 3 heterocycles. The van der Waals surface area contributed by atoms with Crippen LogP contribution in [0.15, 0.2) is 55.2 Å². The van der Waals surface area contributed by atoms with Gasteiger partial charge in [-0.25, -0.2) is 14.2 Å². The van der Waals surface area contributed by atoms with E-state index in [0.717, 1.165) is 0 Å². The van der Waals surface area contributed by atoms with Crippen molar-refractivity contribution in [3.05, 3.63) is 66.8 Å². The van der Waals surface area contributed by atoms with Crippen LogP contribution in [0.3, 0.4) is 0 Å². The summed E-state index contributed by atoms with van der Waals surface area (Å²) >= 11 is 0. The maximum absolute atomic E-state index is 14.8. The molecule has 0 spiro atoms. The number of cyclic esters (lactones) is 1. The molecule has 0 saturated carbocycles. The Hall–Kier alpha value is -4.28. The number of benzene rings is 1. The molecule has 2 N–H and O–H groups in total. The molecule has 11 heteroatoms. The lowest BCUT2D eigenvalue weighted by atomic mass is 10.2. The van der Waals surface area contributed by atoms with E-state index in [2.05, 4.69) is 20.6 Å². The molecule has 10 nitrogen and oxygen atoms in total. The van der Waals surface area contributed by atoms with Crippen LogP contribution in [0.5, 0.6) is 0 Å². The van der Waals surface area contributed by atoms with Gasteiger partial charge in [-0.1, -0.05) is 0 Å². The molecule has 164 valence electrons. The first-order valence-corrected chi connectivity index (χ1v) is 9.68. The third-order valence-corrected chi connectivity index (χ3v) is 4.73. The van der Waals surface area contributed by atoms with E-state index in [9.17, 15) is 18.8 Å². The van der Waals surface area contributed by atoms with Crippen LogP contribution in [-0.2, 0) is 9.53 Å². The number of pyridine rings is 1. The van der Waals surface area contributed by atoms with Gasteiger partial charge in [0.25, 0.3) is 5.91 Å². The van der Waals surface area contributed by atoms with Gasteiger partial charge in [-0.15, -0.1) is 0 Å². The highest BCUT2D eigenvalue weighted by atomic mass is 19.1. The van der Waals surface area contributed by atoms with Crippen molar-refractivity contribution in [2.24, 2.45) is 0 Å². The van der Waals surface area contributed by atoms with Crippen LogP contribution in [0.25, 0.3) is 5.69 Å². The van der Waals surface area contributed by atoms with Crippen molar-refractivity contribution in [3.63, 3.8) is 0 Å². The second-order valence-electron chi connectivity index (χ2n) is 7.05. The Morgan fingerprint density at radius 3 is 2.75 bits per heavy atom. The molecule has 1 fully saturated rings. The van der Waals surface area contributed by atoms with Crippen LogP contribution in [0.4, 0.5) is 20.6 Å². The third kappa shape index (κ3) is 4.56. The van der Waals surface area contributed by atoms with Gasteiger partial charge < -0.3 is 19.9 Å². The second kappa shape index (κ2) is 8.84. The van der Waals surface area contributed by atoms with Crippen LogP contribution < -0.4 is 15.5 Å². The molecule has 0 radical (unpaired) electrons. The quantitative estimate of drug-likeness (QED) is 0.609. The number of halogens is 1. The Balaban J connectivity index is 1.46. The van der Waals surface area contributed by atoms with E-state index >= 15 is 0 Å². The van der Waals surface area contributed by atoms with E-state index in [1.165, 1.54) is 41.0 Å². The largest absolute Gasteiger partial charge is 0.442 e. The summed E-state index contributed by atoms with van der Waals surface area (Å²) in [5.74, 6) is -1.29. The third-order valence-electron chi connectivity index (χ3n) is 4.73. The minimum Gasteiger partial charge on any atom is -0.442 e. The minimum atomic E-state index is -0.620. The molecule has 0 aliphatic carbocycles. The van der Waals surface area contributed by atoms with E-state index < -0.39 is 23.9 Å². The van der Waals surface area contributed by atoms with Crippen LogP contribution in [0.2, 0.25) is 0 Å². The van der Waals surface area contributed by atoms with Gasteiger partial charge in [-0.3, -0.25) is 19.5 Å². The molecule has 0 bridgehead atoms. The fourth-order valence-corrected chi connectivity index (χ4v) is 3.17. The molecule has 1 aliphatic heterocycles. The van der Waals surface area contributed by atoms with E-state index in [0.29, 0.717) is 11.4 Å². The van der Waals surface area contributed by atoms with Crippen molar-refractivity contribution in [3.8, 4) is 5.69 Å². The number of aromatic nitrogens is 3. The molecule has 2 aromatic heterocycles. The van der Waals surface area contributed by atoms with Crippen LogP contribution in [-0.4, -0.2) is 51.6 Å². The first-order chi connectivity index (χ1) is 15.4. The van der Waals surface area contributed by atoms with Crippen molar-refractivity contribution in [2.75, 3.05) is 23.3 Å². The molecular weight excluding hydrogens is 419 g/mol. The monoisotopic (exact) mass is 438 g/mol. The van der Waals surface area contributed by atoms with Crippen molar-refractivity contribution in [1.82, 2.24) is 19.9 Å². The number of nitrogens with one attached hydrogen (secondary N) is 2. The lowest BCUT2D eigenvalue weighted by Crippen LogP contribution is -2.33. The molecule has 1 aromatic carbocycles. The van der Waals surface area contributed by atoms with Gasteiger partial charge in [0.15, 0.2) is 0 Å². The average molecular weight is 438 g/mol. The van der Waals surface area contributed by atoms with Gasteiger partial charge in [0.1, 0.15) is 23.9 Å². The highest BCUT2D eigenvalue weighted by Gasteiger charge is 2.32. The van der Waals surface area contributed by atoms with Crippen LogP contribution in [0.1, 0.15) is 17.4 Å². The van der Waals surface area contributed by atoms with Gasteiger partial charge >= 0.3 is 6.09 Å². The fourth-order valence-electron chi connectivity index (χ4n) is 3.17. The highest BCUT2D eigenvalue weighted by molar-refractivity contribution is 6.02. The number of carbonyl (C=O) groups excluding carboxylic acids is 3. The summed E-state index contributed by atoms with van der Waals surface area (Å²) in [6.45, 7) is 1.73. The lowest BCUT2D eigenvalue weighted by molar-refractivity contribution is -0.119. The van der Waals surface area contributed by atoms with Crippen LogP contribution in [0, 0.1) is 5.82 Å². The molecule has 1 atom stereocenters. The molecule has 1 saturated heterocycles. The first kappa shape index (κ1) is 21.0. The van der Waals surface area contributed by atoms with E-state index in [1.54, 1.807) is 30.6 Å². The Morgan fingerprint density at radius 1 is 1.25 bits per heavy atom. The molecule has 3 aromatic rings. The highest BCUT2D eigenvalue weighted by Crippen LogP contribution is 2.25. The molecule has 3 amide bonds. The van der Waals surface area contributed by atoms with Gasteiger partial charge in [0.2, 0.25) is 5.91 Å². The van der Waals surface area contributed by atoms with E-state index in [1.807, 2.05) is 0 Å². The van der Waals surface area contributed by atoms with Gasteiger partial charge in [0, 0.05) is 31.2 Å². The maximum Gasteiger partial charge on any atom is 0.414 e. The zero-order valence-electron chi connectivity index (χ0n) is 17.0. The number of amides is 3. The number of carbonyl (C=O) groups is 3. The predicted molar refractivity (Wildman–Crippen MR) is 112 cm³/mol. The van der Waals surface area contributed by atoms with Crippen molar-refractivity contribution < 1.29 is 23.5 Å². The smallest absolute Gasteiger partial charge is 0.414 e. The normalized spacial score (nSPS) is 15.4. The number of nitrogens with zero attached hydrogens (tertiary/aromatic N) is 4. The second-order valence-corrected chi connectivity index (χ2v) is 7.05. The topological polar surface area (TPSA) is 118 Å². The van der Waals surface area contributed by atoms with E-state index in [-0.39, 0.29) is 30.4 Å². The Bertz CT molecular complexity index is 1170. The van der Waals surface area contributed by atoms with Crippen molar-refractivity contribution in [1.29, 1.82) is 0 Å². The Morgan fingerprint density at radius 2 is 2.03 bits per heavy atom. The Kier molecular flexibility index (Phi) is 5.79. The Labute approximate surface area is 182 Å². The summed E-state index contributed by atoms with van der Waals surface area (Å²) in [4.78, 5) is 44.7. The molecule has 1 aliphatic rings. The summed E-state index contributed by atoms with van der Waals surface area (Å²) in [7, 11) is 0. The number of imidazole rings is 1. The number of rotatable bonds is 6. The van der Waals surface area contributed by atoms with Gasteiger partial charge in [0.05, 0.1) is 24.5 Å². The minimum absolute atomic E-state index is 0.106. The summed E-state index contributed by atoms with van der Waals surface area (Å²) in [6.07, 6.45) is 4.68. The summed E-state index contributed by atoms with van der Waals surface area (Å²) in [5.41, 5.74) is 1.14. The SMILES string of the molecule is CC(=O)NC[C@H]1CN(c2ccc(-n3cnc(C(=O)Nc4ccncc4)c3)c(F)c2)C(=O)O1. The molecule has 4 rings (SSSR count). The summed E-state index contributed by atoms with van der Waals surface area (Å²) in [5, 5.41) is 5.26. The molecular formula is C21H19FN6O4. The fraction of sp³-hybridized carbons (Fsp3) is 0.190. The number of hydrogen-bond acceptors (Lipinski definition) is 6. The summed E-state index contributed by atoms with van der Waals surface area (Å²) in [6, 6.07) is 7.52. The van der Waals surface area contributed by atoms with Crippen molar-refractivity contribution >= 4 is 29.3 Å². The predicted octanol–water partition coefficient (Wildman–Crippen LogP) is 2.12. The number of hydrogen-bond donors (Lipinski definition) is 2. The van der Waals surface area contributed by atoms with Gasteiger partial charge in [-0.05, 0) is 30.3 Å². The molecule has 0 unspecified atom stereocenters. The number of anilines is 2. The average Bonchev–Trinajstić information content (AvgIpc) is 3.40. The zero-order chi connectivity index (χ0) is 22.7. The lowest BCUT2D eigenvalue weighted by Gasteiger charge is -2.14. The first-order valence-electron chi connectivity index (χ1n) is 9.68. The van der Waals surface area contributed by atoms with Gasteiger partial charge in [-0.2, -0.15) is 0 Å². The standard InChI is InChI=1S/C21H19FN6O4/c1-13(29)24-9-16-10-28(21(31)32-16)15-2-3-19(17(22)8-15)27-11-18(25-12-27)20(30)26-14-4-6-23-7-5-14/h2-8,11-12,16H,9-10H2,1H3,(H,24,29)(H,23,26,30)/t16-/m0/s1. The zero-order valence-corrected chi connectivity index (χ0v) is 17.0. The van der Waals surface area contributed by atoms with Crippen molar-refractivity contribution in [2.45, 2.75) is 13.0 Å². The van der Waals surface area contributed by atoms with E-state index in [4.69, 9.17) is 4.74 Å². The number of ether oxygens (including phenoxy) is 1.